The van der Waals surface area contributed by atoms with Gasteiger partial charge in [-0.2, -0.15) is 0 Å². The molecule has 0 amide bonds. The smallest absolute Gasteiger partial charge is 0.214 e. The van der Waals surface area contributed by atoms with Crippen molar-refractivity contribution in [2.24, 2.45) is 0 Å². The molecule has 1 aromatic heterocycles. The van der Waals surface area contributed by atoms with Crippen LogP contribution in [0.4, 0.5) is 5.69 Å². The van der Waals surface area contributed by atoms with Crippen LogP contribution < -0.4 is 15.4 Å². The molecule has 1 aliphatic rings. The van der Waals surface area contributed by atoms with E-state index in [-0.39, 0.29) is 0 Å². The number of nitrogens with zero attached hydrogens (tertiary/aromatic N) is 1. The lowest BCUT2D eigenvalue weighted by Gasteiger charge is -2.11. The molecular formula is C12H19N3O. The van der Waals surface area contributed by atoms with Crippen molar-refractivity contribution in [3.05, 3.63) is 18.3 Å². The minimum absolute atomic E-state index is 0.656. The molecule has 1 atom stereocenters. The fourth-order valence-corrected chi connectivity index (χ4v) is 2.02. The van der Waals surface area contributed by atoms with Crippen LogP contribution in [0.5, 0.6) is 5.88 Å². The van der Waals surface area contributed by atoms with Crippen LogP contribution in [0.2, 0.25) is 0 Å². The van der Waals surface area contributed by atoms with Crippen molar-refractivity contribution in [2.75, 3.05) is 25.5 Å². The van der Waals surface area contributed by atoms with Crippen LogP contribution in [-0.4, -0.2) is 31.2 Å². The van der Waals surface area contributed by atoms with Crippen LogP contribution in [0.1, 0.15) is 19.3 Å². The first-order valence-corrected chi connectivity index (χ1v) is 5.86. The summed E-state index contributed by atoms with van der Waals surface area (Å²) in [7, 11) is 1.63. The van der Waals surface area contributed by atoms with Crippen molar-refractivity contribution in [1.29, 1.82) is 0 Å². The summed E-state index contributed by atoms with van der Waals surface area (Å²) in [5.74, 6) is 0.656. The summed E-state index contributed by atoms with van der Waals surface area (Å²) in [5.41, 5.74) is 1.07. The second kappa shape index (κ2) is 5.70. The van der Waals surface area contributed by atoms with E-state index in [1.54, 1.807) is 13.3 Å². The minimum atomic E-state index is 0.656. The first kappa shape index (κ1) is 11.2. The van der Waals surface area contributed by atoms with Crippen LogP contribution in [-0.2, 0) is 0 Å². The van der Waals surface area contributed by atoms with Gasteiger partial charge in [0.25, 0.3) is 0 Å². The van der Waals surface area contributed by atoms with E-state index in [2.05, 4.69) is 15.6 Å². The molecular weight excluding hydrogens is 202 g/mol. The Morgan fingerprint density at radius 3 is 3.31 bits per heavy atom. The summed E-state index contributed by atoms with van der Waals surface area (Å²) in [5, 5.41) is 6.87. The van der Waals surface area contributed by atoms with Crippen molar-refractivity contribution >= 4 is 5.69 Å². The molecule has 1 saturated heterocycles. The average molecular weight is 221 g/mol. The molecule has 2 rings (SSSR count). The molecule has 4 nitrogen and oxygen atoms in total. The van der Waals surface area contributed by atoms with Gasteiger partial charge in [-0.25, -0.2) is 4.98 Å². The fourth-order valence-electron chi connectivity index (χ4n) is 2.02. The van der Waals surface area contributed by atoms with Crippen LogP contribution in [0.15, 0.2) is 18.3 Å². The molecule has 0 bridgehead atoms. The number of pyridine rings is 1. The van der Waals surface area contributed by atoms with Crippen molar-refractivity contribution in [3.8, 4) is 5.88 Å². The second-order valence-electron chi connectivity index (χ2n) is 4.10. The Balaban J connectivity index is 1.75. The van der Waals surface area contributed by atoms with Gasteiger partial charge in [0, 0.05) is 30.5 Å². The summed E-state index contributed by atoms with van der Waals surface area (Å²) in [6.07, 6.45) is 5.55. The van der Waals surface area contributed by atoms with Crippen LogP contribution in [0.25, 0.3) is 0 Å². The summed E-state index contributed by atoms with van der Waals surface area (Å²) in [4.78, 5) is 4.07. The molecule has 1 unspecified atom stereocenters. The van der Waals surface area contributed by atoms with E-state index in [0.29, 0.717) is 11.9 Å². The number of hydrogen-bond donors (Lipinski definition) is 2. The Hall–Kier alpha value is -1.29. The van der Waals surface area contributed by atoms with Gasteiger partial charge < -0.3 is 15.4 Å². The molecule has 0 saturated carbocycles. The van der Waals surface area contributed by atoms with Crippen molar-refractivity contribution in [2.45, 2.75) is 25.3 Å². The number of hydrogen-bond acceptors (Lipinski definition) is 4. The highest BCUT2D eigenvalue weighted by molar-refractivity contribution is 5.44. The molecule has 0 spiro atoms. The largest absolute Gasteiger partial charge is 0.481 e. The van der Waals surface area contributed by atoms with Gasteiger partial charge >= 0.3 is 0 Å². The highest BCUT2D eigenvalue weighted by atomic mass is 16.5. The molecule has 2 heterocycles. The molecule has 0 radical (unpaired) electrons. The van der Waals surface area contributed by atoms with Crippen LogP contribution >= 0.6 is 0 Å². The third kappa shape index (κ3) is 3.10. The van der Waals surface area contributed by atoms with Gasteiger partial charge in [0.1, 0.15) is 0 Å². The molecule has 1 fully saturated rings. The highest BCUT2D eigenvalue weighted by Gasteiger charge is 2.12. The van der Waals surface area contributed by atoms with E-state index in [0.717, 1.165) is 12.2 Å². The molecule has 0 aromatic carbocycles. The summed E-state index contributed by atoms with van der Waals surface area (Å²) < 4.78 is 5.07. The zero-order valence-corrected chi connectivity index (χ0v) is 9.70. The number of aromatic nitrogens is 1. The van der Waals surface area contributed by atoms with Gasteiger partial charge in [0.05, 0.1) is 7.11 Å². The van der Waals surface area contributed by atoms with Crippen LogP contribution in [0, 0.1) is 0 Å². The number of ether oxygens (including phenoxy) is 1. The second-order valence-corrected chi connectivity index (χ2v) is 4.10. The van der Waals surface area contributed by atoms with Gasteiger partial charge in [-0.3, -0.25) is 0 Å². The quantitative estimate of drug-likeness (QED) is 0.793. The normalized spacial score (nSPS) is 19.7. The molecule has 0 aliphatic carbocycles. The zero-order valence-electron chi connectivity index (χ0n) is 9.70. The first-order valence-electron chi connectivity index (χ1n) is 5.86. The van der Waals surface area contributed by atoms with E-state index in [4.69, 9.17) is 4.74 Å². The minimum Gasteiger partial charge on any atom is -0.481 e. The maximum absolute atomic E-state index is 5.07. The van der Waals surface area contributed by atoms with E-state index >= 15 is 0 Å². The Labute approximate surface area is 96.4 Å². The third-order valence-corrected chi connectivity index (χ3v) is 2.93. The van der Waals surface area contributed by atoms with Crippen molar-refractivity contribution in [3.63, 3.8) is 0 Å². The topological polar surface area (TPSA) is 46.2 Å². The third-order valence-electron chi connectivity index (χ3n) is 2.93. The lowest BCUT2D eigenvalue weighted by atomic mass is 10.1. The predicted octanol–water partition coefficient (Wildman–Crippen LogP) is 1.64. The Kier molecular flexibility index (Phi) is 3.99. The maximum Gasteiger partial charge on any atom is 0.214 e. The summed E-state index contributed by atoms with van der Waals surface area (Å²) >= 11 is 0. The van der Waals surface area contributed by atoms with Gasteiger partial charge in [0.15, 0.2) is 0 Å². The highest BCUT2D eigenvalue weighted by Crippen LogP contribution is 2.14. The summed E-state index contributed by atoms with van der Waals surface area (Å²) in [6, 6.07) is 4.57. The van der Waals surface area contributed by atoms with Crippen molar-refractivity contribution in [1.82, 2.24) is 10.3 Å². The Morgan fingerprint density at radius 1 is 1.62 bits per heavy atom. The van der Waals surface area contributed by atoms with Crippen molar-refractivity contribution < 1.29 is 4.74 Å². The lowest BCUT2D eigenvalue weighted by molar-refractivity contribution is 0.398. The standard InChI is InChI=1S/C12H19N3O/c1-16-12-9-11(5-8-15-12)14-7-4-10-3-2-6-13-10/h5,8-10,13H,2-4,6-7H2,1H3,(H,14,15). The zero-order chi connectivity index (χ0) is 11.2. The van der Waals surface area contributed by atoms with E-state index in [1.165, 1.54) is 25.8 Å². The predicted molar refractivity (Wildman–Crippen MR) is 64.9 cm³/mol. The first-order chi connectivity index (χ1) is 7.88. The average Bonchev–Trinajstić information content (AvgIpc) is 2.82. The lowest BCUT2D eigenvalue weighted by Crippen LogP contribution is -2.24. The fraction of sp³-hybridized carbons (Fsp3) is 0.583. The maximum atomic E-state index is 5.07. The van der Waals surface area contributed by atoms with Gasteiger partial charge in [-0.05, 0) is 31.9 Å². The van der Waals surface area contributed by atoms with Crippen LogP contribution in [0.3, 0.4) is 0 Å². The number of rotatable bonds is 5. The SMILES string of the molecule is COc1cc(NCCC2CCCN2)ccn1. The Bertz CT molecular complexity index is 324. The monoisotopic (exact) mass is 221 g/mol. The number of methoxy groups -OCH3 is 1. The Morgan fingerprint density at radius 2 is 2.56 bits per heavy atom. The molecule has 4 heteroatoms. The van der Waals surface area contributed by atoms with E-state index in [1.807, 2.05) is 12.1 Å². The number of anilines is 1. The van der Waals surface area contributed by atoms with E-state index in [9.17, 15) is 0 Å². The van der Waals surface area contributed by atoms with Gasteiger partial charge in [0.2, 0.25) is 5.88 Å². The van der Waals surface area contributed by atoms with Gasteiger partial charge in [-0.1, -0.05) is 0 Å². The molecule has 16 heavy (non-hydrogen) atoms. The van der Waals surface area contributed by atoms with E-state index < -0.39 is 0 Å². The molecule has 2 N–H and O–H groups in total. The summed E-state index contributed by atoms with van der Waals surface area (Å²) in [6.45, 7) is 2.17. The molecule has 88 valence electrons. The number of nitrogens with one attached hydrogen (secondary N) is 2. The molecule has 1 aromatic rings. The molecule has 1 aliphatic heterocycles. The van der Waals surface area contributed by atoms with Gasteiger partial charge in [-0.15, -0.1) is 0 Å².